The lowest BCUT2D eigenvalue weighted by Crippen LogP contribution is -2.09. The maximum Gasteiger partial charge on any atom is 0.269 e. The highest BCUT2D eigenvalue weighted by atomic mass is 79.9. The molecule has 0 atom stereocenters. The largest absolute Gasteiger partial charge is 0.331 e. The number of aromatic nitrogens is 4. The van der Waals surface area contributed by atoms with Gasteiger partial charge in [-0.15, -0.1) is 11.3 Å². The van der Waals surface area contributed by atoms with Crippen LogP contribution in [0.4, 0.5) is 0 Å². The van der Waals surface area contributed by atoms with Crippen LogP contribution in [0.3, 0.4) is 0 Å². The van der Waals surface area contributed by atoms with Crippen LogP contribution in [0.15, 0.2) is 27.0 Å². The molecule has 3 aromatic rings. The van der Waals surface area contributed by atoms with Crippen LogP contribution in [0.5, 0.6) is 0 Å². The predicted octanol–water partition coefficient (Wildman–Crippen LogP) is 2.15. The molecule has 0 unspecified atom stereocenters. The van der Waals surface area contributed by atoms with E-state index in [-0.39, 0.29) is 5.56 Å². The Morgan fingerprint density at radius 3 is 3.06 bits per heavy atom. The lowest BCUT2D eigenvalue weighted by molar-refractivity contribution is 0.907. The number of nitrogens with zero attached hydrogens (tertiary/aromatic N) is 3. The number of aryl methyl sites for hydroxylation is 1. The Morgan fingerprint density at radius 2 is 2.35 bits per heavy atom. The lowest BCUT2D eigenvalue weighted by atomic mass is 10.4. The Labute approximate surface area is 108 Å². The smallest absolute Gasteiger partial charge is 0.269 e. The van der Waals surface area contributed by atoms with Crippen molar-refractivity contribution < 1.29 is 0 Å². The molecule has 3 heterocycles. The van der Waals surface area contributed by atoms with Crippen molar-refractivity contribution in [1.82, 2.24) is 19.5 Å². The maximum absolute atomic E-state index is 11.9. The summed E-state index contributed by atoms with van der Waals surface area (Å²) in [5.74, 6) is 1.12. The highest BCUT2D eigenvalue weighted by Crippen LogP contribution is 2.27. The Bertz CT molecular complexity index is 757. The molecule has 0 aliphatic carbocycles. The molecule has 0 radical (unpaired) electrons. The number of nitrogens with one attached hydrogen (secondary N) is 1. The van der Waals surface area contributed by atoms with Crippen molar-refractivity contribution in [3.63, 3.8) is 0 Å². The first-order chi connectivity index (χ1) is 8.16. The van der Waals surface area contributed by atoms with Gasteiger partial charge >= 0.3 is 0 Å². The summed E-state index contributed by atoms with van der Waals surface area (Å²) in [5, 5.41) is 1.86. The van der Waals surface area contributed by atoms with Crippen LogP contribution in [0.1, 0.15) is 0 Å². The molecule has 0 aliphatic rings. The van der Waals surface area contributed by atoms with Crippen LogP contribution < -0.4 is 5.56 Å². The molecule has 3 rings (SSSR count). The molecule has 0 spiro atoms. The Morgan fingerprint density at radius 1 is 1.53 bits per heavy atom. The summed E-state index contributed by atoms with van der Waals surface area (Å²) < 4.78 is 3.26. The Balaban J connectivity index is 2.36. The SMILES string of the molecule is Cn1ccnc1-c1nc2c(Br)csc2c(=O)[nH]1. The molecule has 0 saturated carbocycles. The first-order valence-electron chi connectivity index (χ1n) is 4.81. The van der Waals surface area contributed by atoms with E-state index >= 15 is 0 Å². The van der Waals surface area contributed by atoms with Crippen LogP contribution >= 0.6 is 27.3 Å². The molecule has 0 bridgehead atoms. The fourth-order valence-electron chi connectivity index (χ4n) is 1.60. The lowest BCUT2D eigenvalue weighted by Gasteiger charge is -2.00. The molecule has 3 aromatic heterocycles. The summed E-state index contributed by atoms with van der Waals surface area (Å²) in [6, 6.07) is 0. The monoisotopic (exact) mass is 310 g/mol. The highest BCUT2D eigenvalue weighted by molar-refractivity contribution is 9.10. The molecule has 0 saturated heterocycles. The van der Waals surface area contributed by atoms with Crippen molar-refractivity contribution in [1.29, 1.82) is 0 Å². The van der Waals surface area contributed by atoms with Gasteiger partial charge in [-0.25, -0.2) is 9.97 Å². The molecule has 0 aromatic carbocycles. The van der Waals surface area contributed by atoms with E-state index in [1.165, 1.54) is 11.3 Å². The summed E-state index contributed by atoms with van der Waals surface area (Å²) >= 11 is 4.76. The maximum atomic E-state index is 11.9. The molecule has 1 N–H and O–H groups in total. The number of aromatic amines is 1. The average molecular weight is 311 g/mol. The van der Waals surface area contributed by atoms with E-state index in [0.29, 0.717) is 21.9 Å². The number of imidazole rings is 1. The summed E-state index contributed by atoms with van der Waals surface area (Å²) in [7, 11) is 1.86. The zero-order valence-electron chi connectivity index (χ0n) is 8.77. The predicted molar refractivity (Wildman–Crippen MR) is 70.1 cm³/mol. The van der Waals surface area contributed by atoms with Crippen LogP contribution in [0.25, 0.3) is 21.9 Å². The summed E-state index contributed by atoms with van der Waals surface area (Å²) in [5.41, 5.74) is 0.542. The molecular weight excluding hydrogens is 304 g/mol. The second-order valence-electron chi connectivity index (χ2n) is 3.54. The normalized spacial score (nSPS) is 11.2. The molecular formula is C10H7BrN4OS. The van der Waals surface area contributed by atoms with Crippen LogP contribution in [0, 0.1) is 0 Å². The van der Waals surface area contributed by atoms with E-state index < -0.39 is 0 Å². The number of halogens is 1. The zero-order chi connectivity index (χ0) is 12.0. The van der Waals surface area contributed by atoms with E-state index in [2.05, 4.69) is 30.9 Å². The second kappa shape index (κ2) is 3.78. The standard InChI is InChI=1S/C10H7BrN4OS/c1-15-3-2-12-9(15)8-13-6-5(11)4-17-7(6)10(16)14-8/h2-4H,1H3,(H,13,14,16). The summed E-state index contributed by atoms with van der Waals surface area (Å²) in [6.45, 7) is 0. The molecule has 5 nitrogen and oxygen atoms in total. The summed E-state index contributed by atoms with van der Waals surface area (Å²) in [6.07, 6.45) is 3.48. The second-order valence-corrected chi connectivity index (χ2v) is 5.27. The van der Waals surface area contributed by atoms with Crippen molar-refractivity contribution in [2.24, 2.45) is 7.05 Å². The topological polar surface area (TPSA) is 63.6 Å². The van der Waals surface area contributed by atoms with Gasteiger partial charge in [0.05, 0.1) is 4.47 Å². The minimum atomic E-state index is -0.135. The first-order valence-corrected chi connectivity index (χ1v) is 6.49. The summed E-state index contributed by atoms with van der Waals surface area (Å²) in [4.78, 5) is 23.2. The van der Waals surface area contributed by atoms with Crippen molar-refractivity contribution in [2.45, 2.75) is 0 Å². The van der Waals surface area contributed by atoms with Crippen molar-refractivity contribution in [3.8, 4) is 11.6 Å². The fraction of sp³-hybridized carbons (Fsp3) is 0.100. The third-order valence-electron chi connectivity index (χ3n) is 2.42. The molecule has 17 heavy (non-hydrogen) atoms. The number of fused-ring (bicyclic) bond motifs is 1. The van der Waals surface area contributed by atoms with Gasteiger partial charge in [0.2, 0.25) is 0 Å². The number of H-pyrrole nitrogens is 1. The fourth-order valence-corrected chi connectivity index (χ4v) is 3.06. The third kappa shape index (κ3) is 1.62. The number of rotatable bonds is 1. The van der Waals surface area contributed by atoms with Gasteiger partial charge in [0.1, 0.15) is 10.2 Å². The highest BCUT2D eigenvalue weighted by Gasteiger charge is 2.12. The van der Waals surface area contributed by atoms with Gasteiger partial charge in [-0.1, -0.05) is 0 Å². The minimum absolute atomic E-state index is 0.135. The van der Waals surface area contributed by atoms with E-state index in [9.17, 15) is 4.79 Å². The van der Waals surface area contributed by atoms with E-state index in [1.54, 1.807) is 6.20 Å². The van der Waals surface area contributed by atoms with Crippen LogP contribution in [-0.2, 0) is 7.05 Å². The number of hydrogen-bond acceptors (Lipinski definition) is 4. The molecule has 0 amide bonds. The Hall–Kier alpha value is -1.47. The number of thiophene rings is 1. The van der Waals surface area contributed by atoms with E-state index in [0.717, 1.165) is 4.47 Å². The van der Waals surface area contributed by atoms with Crippen molar-refractivity contribution in [3.05, 3.63) is 32.6 Å². The van der Waals surface area contributed by atoms with Gasteiger partial charge in [-0.3, -0.25) is 4.79 Å². The average Bonchev–Trinajstić information content (AvgIpc) is 2.86. The van der Waals surface area contributed by atoms with E-state index in [1.807, 2.05) is 23.2 Å². The molecule has 86 valence electrons. The van der Waals surface area contributed by atoms with Crippen molar-refractivity contribution >= 4 is 37.5 Å². The van der Waals surface area contributed by atoms with Gasteiger partial charge in [-0.2, -0.15) is 0 Å². The van der Waals surface area contributed by atoms with Gasteiger partial charge in [0.25, 0.3) is 5.56 Å². The van der Waals surface area contributed by atoms with Crippen LogP contribution in [-0.4, -0.2) is 19.5 Å². The number of hydrogen-bond donors (Lipinski definition) is 1. The van der Waals surface area contributed by atoms with Gasteiger partial charge in [-0.05, 0) is 15.9 Å². The zero-order valence-corrected chi connectivity index (χ0v) is 11.2. The van der Waals surface area contributed by atoms with Gasteiger partial charge in [0, 0.05) is 24.8 Å². The Kier molecular flexibility index (Phi) is 2.37. The third-order valence-corrected chi connectivity index (χ3v) is 4.29. The molecule has 0 aliphatic heterocycles. The van der Waals surface area contributed by atoms with E-state index in [4.69, 9.17) is 0 Å². The van der Waals surface area contributed by atoms with Gasteiger partial charge < -0.3 is 9.55 Å². The van der Waals surface area contributed by atoms with Gasteiger partial charge in [0.15, 0.2) is 11.6 Å². The first kappa shape index (κ1) is 10.7. The quantitative estimate of drug-likeness (QED) is 0.749. The molecule has 0 fully saturated rings. The van der Waals surface area contributed by atoms with Crippen molar-refractivity contribution in [2.75, 3.05) is 0 Å². The minimum Gasteiger partial charge on any atom is -0.331 e. The van der Waals surface area contributed by atoms with Crippen LogP contribution in [0.2, 0.25) is 0 Å². The molecule has 7 heteroatoms.